The van der Waals surface area contributed by atoms with E-state index in [1.807, 2.05) is 13.8 Å². The lowest BCUT2D eigenvalue weighted by atomic mass is 10.1. The molecule has 32 heavy (non-hydrogen) atoms. The normalized spacial score (nSPS) is 10.8. The Morgan fingerprint density at radius 1 is 0.969 bits per heavy atom. The Morgan fingerprint density at radius 3 is 2.41 bits per heavy atom. The molecule has 2 heterocycles. The van der Waals surface area contributed by atoms with Crippen molar-refractivity contribution >= 4 is 11.6 Å². The molecule has 0 bridgehead atoms. The van der Waals surface area contributed by atoms with E-state index in [9.17, 15) is 18.0 Å². The van der Waals surface area contributed by atoms with Gasteiger partial charge in [-0.05, 0) is 50.2 Å². The van der Waals surface area contributed by atoms with Crippen LogP contribution in [0.2, 0.25) is 0 Å². The first-order valence-electron chi connectivity index (χ1n) is 9.39. The fourth-order valence-corrected chi connectivity index (χ4v) is 2.87. The van der Waals surface area contributed by atoms with Gasteiger partial charge >= 0.3 is 0 Å². The van der Waals surface area contributed by atoms with Crippen LogP contribution in [0.5, 0.6) is 11.6 Å². The number of anilines is 1. The predicted molar refractivity (Wildman–Crippen MR) is 109 cm³/mol. The third-order valence-electron chi connectivity index (χ3n) is 4.74. The Bertz CT molecular complexity index is 1310. The molecule has 2 aromatic heterocycles. The Balaban J connectivity index is 1.47. The number of carbonyl (C=O) groups excluding carboxylic acids is 1. The molecule has 162 valence electrons. The van der Waals surface area contributed by atoms with Crippen LogP contribution in [0.4, 0.5) is 18.9 Å². The molecule has 0 aliphatic carbocycles. The van der Waals surface area contributed by atoms with Crippen LogP contribution in [0, 0.1) is 31.3 Å². The molecule has 0 saturated carbocycles. The van der Waals surface area contributed by atoms with Gasteiger partial charge in [-0.1, -0.05) is 0 Å². The highest BCUT2D eigenvalue weighted by Crippen LogP contribution is 2.24. The number of benzene rings is 2. The van der Waals surface area contributed by atoms with E-state index >= 15 is 0 Å². The van der Waals surface area contributed by atoms with Crippen molar-refractivity contribution < 1.29 is 22.7 Å². The van der Waals surface area contributed by atoms with E-state index in [0.29, 0.717) is 29.2 Å². The molecule has 7 nitrogen and oxygen atoms in total. The topological polar surface area (TPSA) is 81.9 Å². The highest BCUT2D eigenvalue weighted by atomic mass is 19.2. The molecule has 0 unspecified atom stereocenters. The van der Waals surface area contributed by atoms with Crippen molar-refractivity contribution in [3.8, 4) is 17.4 Å². The van der Waals surface area contributed by atoms with E-state index in [-0.39, 0.29) is 0 Å². The number of rotatable bonds is 5. The number of carbonyl (C=O) groups is 1. The zero-order valence-corrected chi connectivity index (χ0v) is 16.9. The largest absolute Gasteiger partial charge is 0.439 e. The second kappa shape index (κ2) is 8.50. The van der Waals surface area contributed by atoms with Crippen LogP contribution in [0.1, 0.15) is 21.7 Å². The number of nitrogens with one attached hydrogen (secondary N) is 1. The Morgan fingerprint density at radius 2 is 1.72 bits per heavy atom. The van der Waals surface area contributed by atoms with Gasteiger partial charge in [-0.3, -0.25) is 9.36 Å². The maximum atomic E-state index is 13.8. The number of ether oxygens (including phenoxy) is 1. The summed E-state index contributed by atoms with van der Waals surface area (Å²) in [6.45, 7) is 3.82. The number of aromatic nitrogens is 4. The van der Waals surface area contributed by atoms with Crippen LogP contribution in [-0.4, -0.2) is 25.4 Å². The lowest BCUT2D eigenvalue weighted by Crippen LogP contribution is -2.15. The molecule has 0 saturated heterocycles. The SMILES string of the molecule is Cc1ncn(-c2cc(Oc3ccc(NC(=O)c4ccc(F)c(F)c4F)cc3)ncn2)c1C. The van der Waals surface area contributed by atoms with E-state index in [1.165, 1.54) is 18.5 Å². The van der Waals surface area contributed by atoms with Crippen molar-refractivity contribution in [3.05, 3.63) is 89.5 Å². The van der Waals surface area contributed by atoms with Crippen LogP contribution >= 0.6 is 0 Å². The van der Waals surface area contributed by atoms with Crippen molar-refractivity contribution in [3.63, 3.8) is 0 Å². The maximum absolute atomic E-state index is 13.8. The minimum atomic E-state index is -1.70. The fraction of sp³-hybridized carbons (Fsp3) is 0.0909. The van der Waals surface area contributed by atoms with E-state index in [4.69, 9.17) is 4.74 Å². The van der Waals surface area contributed by atoms with E-state index in [1.54, 1.807) is 29.1 Å². The van der Waals surface area contributed by atoms with E-state index in [0.717, 1.165) is 17.5 Å². The van der Waals surface area contributed by atoms with E-state index < -0.39 is 28.9 Å². The molecule has 4 rings (SSSR count). The van der Waals surface area contributed by atoms with Crippen molar-refractivity contribution in [1.82, 2.24) is 19.5 Å². The molecule has 0 atom stereocenters. The molecule has 0 radical (unpaired) electrons. The third-order valence-corrected chi connectivity index (χ3v) is 4.74. The van der Waals surface area contributed by atoms with E-state index in [2.05, 4.69) is 20.3 Å². The number of aryl methyl sites for hydroxylation is 1. The van der Waals surface area contributed by atoms with Crippen molar-refractivity contribution in [1.29, 1.82) is 0 Å². The quantitative estimate of drug-likeness (QED) is 0.454. The van der Waals surface area contributed by atoms with Gasteiger partial charge in [-0.2, -0.15) is 0 Å². The zero-order chi connectivity index (χ0) is 22.8. The highest BCUT2D eigenvalue weighted by molar-refractivity contribution is 6.04. The Kier molecular flexibility index (Phi) is 5.59. The lowest BCUT2D eigenvalue weighted by Gasteiger charge is -2.10. The number of imidazole rings is 1. The fourth-order valence-electron chi connectivity index (χ4n) is 2.87. The minimum absolute atomic E-state index is 0.293. The summed E-state index contributed by atoms with van der Waals surface area (Å²) >= 11 is 0. The van der Waals surface area contributed by atoms with Gasteiger partial charge in [0.25, 0.3) is 5.91 Å². The maximum Gasteiger partial charge on any atom is 0.258 e. The van der Waals surface area contributed by atoms with Gasteiger partial charge in [0, 0.05) is 17.4 Å². The molecule has 1 amide bonds. The van der Waals surface area contributed by atoms with Gasteiger partial charge in [0.1, 0.15) is 24.2 Å². The number of hydrogen-bond acceptors (Lipinski definition) is 5. The first kappa shape index (κ1) is 21.0. The standard InChI is InChI=1S/C22H16F3N5O2/c1-12-13(2)30(11-28-12)18-9-19(27-10-26-18)32-15-5-3-14(4-6-15)29-22(31)16-7-8-17(23)21(25)20(16)24/h3-11H,1-2H3,(H,29,31). The number of amides is 1. The summed E-state index contributed by atoms with van der Waals surface area (Å²) in [6, 6.07) is 9.35. The summed E-state index contributed by atoms with van der Waals surface area (Å²) < 4.78 is 47.7. The first-order valence-corrected chi connectivity index (χ1v) is 9.39. The molecule has 0 fully saturated rings. The molecule has 1 N–H and O–H groups in total. The average Bonchev–Trinajstić information content (AvgIpc) is 3.12. The van der Waals surface area contributed by atoms with Crippen molar-refractivity contribution in [2.24, 2.45) is 0 Å². The lowest BCUT2D eigenvalue weighted by molar-refractivity contribution is 0.102. The average molecular weight is 439 g/mol. The zero-order valence-electron chi connectivity index (χ0n) is 16.9. The molecule has 0 spiro atoms. The molecular weight excluding hydrogens is 423 g/mol. The predicted octanol–water partition coefficient (Wildman–Crippen LogP) is 4.74. The first-order chi connectivity index (χ1) is 15.3. The van der Waals surface area contributed by atoms with Gasteiger partial charge < -0.3 is 10.1 Å². The smallest absolute Gasteiger partial charge is 0.258 e. The van der Waals surface area contributed by atoms with Gasteiger partial charge in [0.05, 0.1) is 11.3 Å². The van der Waals surface area contributed by atoms with Crippen LogP contribution in [0.3, 0.4) is 0 Å². The molecule has 0 aliphatic rings. The van der Waals surface area contributed by atoms with Gasteiger partial charge in [-0.15, -0.1) is 0 Å². The van der Waals surface area contributed by atoms with Crippen LogP contribution in [-0.2, 0) is 0 Å². The molecular formula is C22H16F3N5O2. The van der Waals surface area contributed by atoms with Crippen LogP contribution < -0.4 is 10.1 Å². The summed E-state index contributed by atoms with van der Waals surface area (Å²) in [6.07, 6.45) is 3.02. The summed E-state index contributed by atoms with van der Waals surface area (Å²) in [4.78, 5) is 24.7. The number of halogens is 3. The second-order valence-electron chi connectivity index (χ2n) is 6.80. The van der Waals surface area contributed by atoms with Crippen molar-refractivity contribution in [2.45, 2.75) is 13.8 Å². The highest BCUT2D eigenvalue weighted by Gasteiger charge is 2.19. The molecule has 2 aromatic carbocycles. The molecule has 10 heteroatoms. The van der Waals surface area contributed by atoms with Gasteiger partial charge in [0.15, 0.2) is 17.5 Å². The number of nitrogens with zero attached hydrogens (tertiary/aromatic N) is 4. The summed E-state index contributed by atoms with van der Waals surface area (Å²) in [5, 5.41) is 2.42. The summed E-state index contributed by atoms with van der Waals surface area (Å²) in [7, 11) is 0. The monoisotopic (exact) mass is 439 g/mol. The van der Waals surface area contributed by atoms with Crippen LogP contribution in [0.15, 0.2) is 55.1 Å². The minimum Gasteiger partial charge on any atom is -0.439 e. The molecule has 0 aliphatic heterocycles. The van der Waals surface area contributed by atoms with Crippen molar-refractivity contribution in [2.75, 3.05) is 5.32 Å². The van der Waals surface area contributed by atoms with Gasteiger partial charge in [-0.25, -0.2) is 28.1 Å². The summed E-state index contributed by atoms with van der Waals surface area (Å²) in [5.41, 5.74) is 1.52. The van der Waals surface area contributed by atoms with Gasteiger partial charge in [0.2, 0.25) is 5.88 Å². The summed E-state index contributed by atoms with van der Waals surface area (Å²) in [5.74, 6) is -4.23. The Hall–Kier alpha value is -4.21. The Labute approximate surface area is 180 Å². The third kappa shape index (κ3) is 4.15. The second-order valence-corrected chi connectivity index (χ2v) is 6.80. The van der Waals surface area contributed by atoms with Crippen LogP contribution in [0.25, 0.3) is 5.82 Å². The molecule has 4 aromatic rings. The number of hydrogen-bond donors (Lipinski definition) is 1.